The molecule has 1 atom stereocenters. The number of nitrogens with one attached hydrogen (secondary N) is 1. The lowest BCUT2D eigenvalue weighted by molar-refractivity contribution is -0.121. The van der Waals surface area contributed by atoms with Crippen molar-refractivity contribution in [2.24, 2.45) is 21.5 Å². The maximum absolute atomic E-state index is 12.0. The third kappa shape index (κ3) is 4.12. The number of hydrogen-bond donors (Lipinski definition) is 3. The molecule has 1 aromatic carbocycles. The molecule has 116 valence electrons. The van der Waals surface area contributed by atoms with E-state index in [1.165, 1.54) is 0 Å². The average Bonchev–Trinajstić information content (AvgIpc) is 2.74. The fraction of sp³-hybridized carbons (Fsp3) is 0.167. The van der Waals surface area contributed by atoms with Gasteiger partial charge >= 0.3 is 0 Å². The van der Waals surface area contributed by atoms with Gasteiger partial charge in [-0.1, -0.05) is 41.0 Å². The Hall–Kier alpha value is -1.77. The van der Waals surface area contributed by atoms with Crippen LogP contribution in [0.3, 0.4) is 0 Å². The van der Waals surface area contributed by atoms with Crippen LogP contribution in [0, 0.1) is 0 Å². The van der Waals surface area contributed by atoms with Crippen molar-refractivity contribution in [2.75, 3.05) is 5.32 Å². The lowest BCUT2D eigenvalue weighted by Crippen LogP contribution is -2.23. The van der Waals surface area contributed by atoms with E-state index in [9.17, 15) is 9.59 Å². The molecule has 2 rings (SSSR count). The zero-order chi connectivity index (χ0) is 16.3. The highest BCUT2D eigenvalue weighted by atomic mass is 35.5. The number of guanidine groups is 1. The van der Waals surface area contributed by atoms with Crippen LogP contribution < -0.4 is 16.8 Å². The molecule has 0 aliphatic carbocycles. The number of halogens is 2. The Morgan fingerprint density at radius 3 is 2.82 bits per heavy atom. The Labute approximate surface area is 140 Å². The summed E-state index contributed by atoms with van der Waals surface area (Å²) in [5.74, 6) is -1.05. The molecule has 1 heterocycles. The summed E-state index contributed by atoms with van der Waals surface area (Å²) in [4.78, 5) is 31.0. The number of amidine groups is 1. The van der Waals surface area contributed by atoms with Crippen molar-refractivity contribution in [1.29, 1.82) is 0 Å². The average molecular weight is 360 g/mol. The summed E-state index contributed by atoms with van der Waals surface area (Å²) in [5, 5.41) is 2.63. The molecular weight excluding hydrogens is 349 g/mol. The number of carbonyl (C=O) groups excluding carboxylic acids is 2. The molecule has 0 bridgehead atoms. The third-order valence-corrected chi connectivity index (χ3v) is 4.42. The highest BCUT2D eigenvalue weighted by Crippen LogP contribution is 2.30. The summed E-state index contributed by atoms with van der Waals surface area (Å²) in [7, 11) is 0. The van der Waals surface area contributed by atoms with Crippen LogP contribution in [0.15, 0.2) is 28.2 Å². The Kier molecular flexibility index (Phi) is 5.28. The quantitative estimate of drug-likeness (QED) is 0.558. The Balaban J connectivity index is 1.98. The molecule has 2 amide bonds. The predicted octanol–water partition coefficient (Wildman–Crippen LogP) is 1.59. The van der Waals surface area contributed by atoms with E-state index in [0.29, 0.717) is 10.7 Å². The van der Waals surface area contributed by atoms with E-state index in [0.717, 1.165) is 11.8 Å². The van der Waals surface area contributed by atoms with Gasteiger partial charge in [-0.05, 0) is 12.1 Å². The minimum Gasteiger partial charge on any atom is -0.370 e. The fourth-order valence-electron chi connectivity index (χ4n) is 1.63. The molecular formula is C12H11Cl2N5O2S. The molecule has 0 fully saturated rings. The molecule has 5 N–H and O–H groups in total. The van der Waals surface area contributed by atoms with Gasteiger partial charge in [0.1, 0.15) is 5.25 Å². The highest BCUT2D eigenvalue weighted by Gasteiger charge is 2.30. The molecule has 1 aliphatic rings. The minimum absolute atomic E-state index is 0.0840. The van der Waals surface area contributed by atoms with Crippen molar-refractivity contribution in [2.45, 2.75) is 11.7 Å². The van der Waals surface area contributed by atoms with Gasteiger partial charge in [-0.3, -0.25) is 9.59 Å². The molecule has 0 radical (unpaired) electrons. The lowest BCUT2D eigenvalue weighted by Gasteiger charge is -2.09. The van der Waals surface area contributed by atoms with Crippen molar-refractivity contribution >= 4 is 63.6 Å². The van der Waals surface area contributed by atoms with Crippen molar-refractivity contribution in [3.05, 3.63) is 28.2 Å². The fourth-order valence-corrected chi connectivity index (χ4v) is 2.92. The van der Waals surface area contributed by atoms with E-state index >= 15 is 0 Å². The van der Waals surface area contributed by atoms with Crippen molar-refractivity contribution in [3.8, 4) is 0 Å². The Morgan fingerprint density at radius 1 is 1.41 bits per heavy atom. The van der Waals surface area contributed by atoms with E-state index < -0.39 is 17.1 Å². The number of nitrogens with zero attached hydrogens (tertiary/aromatic N) is 2. The van der Waals surface area contributed by atoms with Crippen LogP contribution in [0.2, 0.25) is 10.0 Å². The molecule has 1 aliphatic heterocycles. The first-order valence-electron chi connectivity index (χ1n) is 5.99. The monoisotopic (exact) mass is 359 g/mol. The number of carbonyl (C=O) groups is 2. The van der Waals surface area contributed by atoms with Gasteiger partial charge in [0.25, 0.3) is 5.91 Å². The molecule has 22 heavy (non-hydrogen) atoms. The maximum Gasteiger partial charge on any atom is 0.262 e. The van der Waals surface area contributed by atoms with Gasteiger partial charge < -0.3 is 16.8 Å². The van der Waals surface area contributed by atoms with Gasteiger partial charge in [-0.2, -0.15) is 9.98 Å². The second-order valence-electron chi connectivity index (χ2n) is 4.23. The number of hydrogen-bond acceptors (Lipinski definition) is 4. The summed E-state index contributed by atoms with van der Waals surface area (Å²) in [6.07, 6.45) is -0.0840. The number of rotatable bonds is 3. The van der Waals surface area contributed by atoms with Gasteiger partial charge in [0.2, 0.25) is 5.91 Å². The SMILES string of the molecule is NC(N)=NC1=NC(=O)C(CC(=O)Nc2cccc(Cl)c2Cl)S1. The zero-order valence-corrected chi connectivity index (χ0v) is 13.4. The van der Waals surface area contributed by atoms with Crippen molar-refractivity contribution in [1.82, 2.24) is 0 Å². The second-order valence-corrected chi connectivity index (χ2v) is 6.18. The highest BCUT2D eigenvalue weighted by molar-refractivity contribution is 8.15. The Bertz CT molecular complexity index is 688. The van der Waals surface area contributed by atoms with Gasteiger partial charge in [0.05, 0.1) is 15.7 Å². The zero-order valence-electron chi connectivity index (χ0n) is 11.0. The first-order valence-corrected chi connectivity index (χ1v) is 7.63. The lowest BCUT2D eigenvalue weighted by atomic mass is 10.2. The summed E-state index contributed by atoms with van der Waals surface area (Å²) < 4.78 is 0. The van der Waals surface area contributed by atoms with Crippen LogP contribution in [0.4, 0.5) is 5.69 Å². The van der Waals surface area contributed by atoms with Gasteiger partial charge in [0, 0.05) is 6.42 Å². The van der Waals surface area contributed by atoms with Crippen LogP contribution in [0.5, 0.6) is 0 Å². The molecule has 0 spiro atoms. The molecule has 0 saturated heterocycles. The van der Waals surface area contributed by atoms with Crippen LogP contribution in [-0.4, -0.2) is 28.2 Å². The summed E-state index contributed by atoms with van der Waals surface area (Å²) >= 11 is 12.9. The summed E-state index contributed by atoms with van der Waals surface area (Å²) in [5.41, 5.74) is 10.8. The van der Waals surface area contributed by atoms with Gasteiger partial charge in [-0.25, -0.2) is 0 Å². The molecule has 1 unspecified atom stereocenters. The second kappa shape index (κ2) is 6.99. The maximum atomic E-state index is 12.0. The summed E-state index contributed by atoms with van der Waals surface area (Å²) in [6.45, 7) is 0. The van der Waals surface area contributed by atoms with Gasteiger partial charge in [0.15, 0.2) is 11.1 Å². The third-order valence-electron chi connectivity index (χ3n) is 2.55. The van der Waals surface area contributed by atoms with Crippen molar-refractivity contribution < 1.29 is 9.59 Å². The largest absolute Gasteiger partial charge is 0.370 e. The topological polar surface area (TPSA) is 123 Å². The number of anilines is 1. The van der Waals surface area contributed by atoms with E-state index in [-0.39, 0.29) is 22.6 Å². The minimum atomic E-state index is -0.670. The summed E-state index contributed by atoms with van der Waals surface area (Å²) in [6, 6.07) is 4.86. The molecule has 0 saturated carbocycles. The number of aliphatic imine (C=N–C) groups is 2. The predicted molar refractivity (Wildman–Crippen MR) is 89.3 cm³/mol. The molecule has 1 aromatic rings. The first-order chi connectivity index (χ1) is 10.4. The smallest absolute Gasteiger partial charge is 0.262 e. The van der Waals surface area contributed by atoms with Crippen molar-refractivity contribution in [3.63, 3.8) is 0 Å². The number of amides is 2. The first kappa shape index (κ1) is 16.6. The standard InChI is InChI=1S/C12H11Cl2N5O2S/c13-5-2-1-3-6(9(5)14)17-8(20)4-7-10(21)18-12(22-7)19-11(15)16/h1-3,7H,4H2,(H,17,20)(H4,15,16,18,19,21). The van der Waals surface area contributed by atoms with E-state index in [2.05, 4.69) is 15.3 Å². The number of benzene rings is 1. The molecule has 0 aromatic heterocycles. The number of nitrogens with two attached hydrogens (primary N) is 2. The molecule has 10 heteroatoms. The number of thioether (sulfide) groups is 1. The van der Waals surface area contributed by atoms with Crippen LogP contribution >= 0.6 is 35.0 Å². The molecule has 7 nitrogen and oxygen atoms in total. The normalized spacial score (nSPS) is 17.1. The van der Waals surface area contributed by atoms with E-state index in [1.54, 1.807) is 18.2 Å². The van der Waals surface area contributed by atoms with E-state index in [4.69, 9.17) is 34.7 Å². The van der Waals surface area contributed by atoms with E-state index in [1.807, 2.05) is 0 Å². The van der Waals surface area contributed by atoms with Crippen LogP contribution in [-0.2, 0) is 9.59 Å². The van der Waals surface area contributed by atoms with Crippen LogP contribution in [0.1, 0.15) is 6.42 Å². The van der Waals surface area contributed by atoms with Crippen LogP contribution in [0.25, 0.3) is 0 Å². The Morgan fingerprint density at radius 2 is 2.14 bits per heavy atom. The van der Waals surface area contributed by atoms with Gasteiger partial charge in [-0.15, -0.1) is 0 Å².